The van der Waals surface area contributed by atoms with Crippen LogP contribution in [-0.2, 0) is 11.3 Å². The molecule has 6 heteroatoms. The van der Waals surface area contributed by atoms with Crippen molar-refractivity contribution in [1.29, 1.82) is 0 Å². The number of thiazole rings is 1. The van der Waals surface area contributed by atoms with E-state index in [4.69, 9.17) is 9.47 Å². The number of para-hydroxylation sites is 1. The summed E-state index contributed by atoms with van der Waals surface area (Å²) in [4.78, 5) is 16.0. The molecule has 128 valence electrons. The van der Waals surface area contributed by atoms with E-state index in [1.165, 1.54) is 7.11 Å². The standard InChI is InChI=1S/C19H17NO4S/c1-22-17-6-4-3-5-16(17)18-20-14(12-25-18)11-24-15-9-7-13(8-10-15)19(21)23-2/h3-10,12H,11H2,1-2H3. The van der Waals surface area contributed by atoms with Gasteiger partial charge in [-0.25, -0.2) is 9.78 Å². The van der Waals surface area contributed by atoms with E-state index in [0.29, 0.717) is 17.9 Å². The average molecular weight is 355 g/mol. The van der Waals surface area contributed by atoms with Crippen LogP contribution in [0.3, 0.4) is 0 Å². The van der Waals surface area contributed by atoms with Gasteiger partial charge in [0.15, 0.2) is 0 Å². The molecule has 0 aliphatic heterocycles. The summed E-state index contributed by atoms with van der Waals surface area (Å²) in [5.74, 6) is 1.09. The normalized spacial score (nSPS) is 10.3. The fraction of sp³-hybridized carbons (Fsp3) is 0.158. The number of benzene rings is 2. The lowest BCUT2D eigenvalue weighted by Gasteiger charge is -2.06. The zero-order chi connectivity index (χ0) is 17.6. The van der Waals surface area contributed by atoms with E-state index in [9.17, 15) is 4.79 Å². The van der Waals surface area contributed by atoms with Gasteiger partial charge >= 0.3 is 5.97 Å². The fourth-order valence-corrected chi connectivity index (χ4v) is 3.11. The molecule has 0 saturated heterocycles. The van der Waals surface area contributed by atoms with E-state index in [-0.39, 0.29) is 5.97 Å². The van der Waals surface area contributed by atoms with Gasteiger partial charge in [-0.3, -0.25) is 0 Å². The first-order valence-corrected chi connectivity index (χ1v) is 8.48. The Hall–Kier alpha value is -2.86. The van der Waals surface area contributed by atoms with E-state index in [2.05, 4.69) is 9.72 Å². The van der Waals surface area contributed by atoms with E-state index in [1.807, 2.05) is 29.6 Å². The first-order chi connectivity index (χ1) is 12.2. The number of hydrogen-bond acceptors (Lipinski definition) is 6. The van der Waals surface area contributed by atoms with Crippen LogP contribution in [-0.4, -0.2) is 25.2 Å². The van der Waals surface area contributed by atoms with Crippen molar-refractivity contribution in [1.82, 2.24) is 4.98 Å². The van der Waals surface area contributed by atoms with Crippen molar-refractivity contribution in [3.63, 3.8) is 0 Å². The van der Waals surface area contributed by atoms with Gasteiger partial charge in [0.05, 0.1) is 31.0 Å². The minimum absolute atomic E-state index is 0.350. The molecular formula is C19H17NO4S. The van der Waals surface area contributed by atoms with Gasteiger partial charge in [-0.2, -0.15) is 0 Å². The molecule has 0 N–H and O–H groups in total. The molecule has 5 nitrogen and oxygen atoms in total. The van der Waals surface area contributed by atoms with E-state index in [1.54, 1.807) is 42.7 Å². The first-order valence-electron chi connectivity index (χ1n) is 7.60. The van der Waals surface area contributed by atoms with Crippen molar-refractivity contribution in [3.05, 3.63) is 65.2 Å². The second-order valence-corrected chi connectivity index (χ2v) is 6.01. The second kappa shape index (κ2) is 7.81. The van der Waals surface area contributed by atoms with Crippen LogP contribution in [0.2, 0.25) is 0 Å². The first kappa shape index (κ1) is 17.0. The molecule has 0 unspecified atom stereocenters. The summed E-state index contributed by atoms with van der Waals surface area (Å²) < 4.78 is 15.8. The molecule has 0 fully saturated rings. The SMILES string of the molecule is COC(=O)c1ccc(OCc2csc(-c3ccccc3OC)n2)cc1. The Labute approximate surface area is 149 Å². The van der Waals surface area contributed by atoms with Crippen molar-refractivity contribution in [2.75, 3.05) is 14.2 Å². The molecule has 3 rings (SSSR count). The van der Waals surface area contributed by atoms with Crippen LogP contribution in [0.5, 0.6) is 11.5 Å². The molecular weight excluding hydrogens is 338 g/mol. The van der Waals surface area contributed by atoms with Crippen molar-refractivity contribution in [2.45, 2.75) is 6.61 Å². The van der Waals surface area contributed by atoms with Crippen LogP contribution >= 0.6 is 11.3 Å². The van der Waals surface area contributed by atoms with Crippen molar-refractivity contribution >= 4 is 17.3 Å². The van der Waals surface area contributed by atoms with Gasteiger partial charge in [0, 0.05) is 5.38 Å². The maximum absolute atomic E-state index is 11.4. The molecule has 0 atom stereocenters. The molecule has 1 heterocycles. The van der Waals surface area contributed by atoms with Crippen LogP contribution < -0.4 is 9.47 Å². The monoisotopic (exact) mass is 355 g/mol. The Kier molecular flexibility index (Phi) is 5.30. The summed E-state index contributed by atoms with van der Waals surface area (Å²) in [6.45, 7) is 0.350. The third-order valence-corrected chi connectivity index (χ3v) is 4.48. The summed E-state index contributed by atoms with van der Waals surface area (Å²) in [6, 6.07) is 14.6. The molecule has 0 radical (unpaired) electrons. The largest absolute Gasteiger partial charge is 0.496 e. The number of aromatic nitrogens is 1. The molecule has 3 aromatic rings. The summed E-state index contributed by atoms with van der Waals surface area (Å²) in [7, 11) is 3.00. The molecule has 1 aromatic heterocycles. The van der Waals surface area contributed by atoms with Gasteiger partial charge < -0.3 is 14.2 Å². The lowest BCUT2D eigenvalue weighted by Crippen LogP contribution is -2.01. The minimum atomic E-state index is -0.368. The van der Waals surface area contributed by atoms with E-state index < -0.39 is 0 Å². The van der Waals surface area contributed by atoms with Crippen LogP contribution in [0.15, 0.2) is 53.9 Å². The van der Waals surface area contributed by atoms with Gasteiger partial charge in [0.2, 0.25) is 0 Å². The van der Waals surface area contributed by atoms with Gasteiger partial charge in [-0.1, -0.05) is 12.1 Å². The quantitative estimate of drug-likeness (QED) is 0.621. The van der Waals surface area contributed by atoms with Crippen LogP contribution in [0.25, 0.3) is 10.6 Å². The minimum Gasteiger partial charge on any atom is -0.496 e. The van der Waals surface area contributed by atoms with Gasteiger partial charge in [0.25, 0.3) is 0 Å². The topological polar surface area (TPSA) is 57.7 Å². The molecule has 2 aromatic carbocycles. The van der Waals surface area contributed by atoms with Gasteiger partial charge in [-0.15, -0.1) is 11.3 Å². The number of carbonyl (C=O) groups is 1. The molecule has 0 saturated carbocycles. The molecule has 0 bridgehead atoms. The summed E-state index contributed by atoms with van der Waals surface area (Å²) in [5.41, 5.74) is 2.29. The van der Waals surface area contributed by atoms with E-state index >= 15 is 0 Å². The number of nitrogens with zero attached hydrogens (tertiary/aromatic N) is 1. The third-order valence-electron chi connectivity index (χ3n) is 3.55. The number of rotatable bonds is 6. The van der Waals surface area contributed by atoms with Crippen molar-refractivity contribution in [2.24, 2.45) is 0 Å². The van der Waals surface area contributed by atoms with Crippen molar-refractivity contribution in [3.8, 4) is 22.1 Å². The van der Waals surface area contributed by atoms with E-state index in [0.717, 1.165) is 22.0 Å². The highest BCUT2D eigenvalue weighted by Gasteiger charge is 2.10. The predicted molar refractivity (Wildman–Crippen MR) is 96.2 cm³/mol. The van der Waals surface area contributed by atoms with Gasteiger partial charge in [0.1, 0.15) is 23.1 Å². The van der Waals surface area contributed by atoms with Gasteiger partial charge in [-0.05, 0) is 36.4 Å². The Bertz CT molecular complexity index is 858. The highest BCUT2D eigenvalue weighted by atomic mass is 32.1. The number of ether oxygens (including phenoxy) is 3. The maximum Gasteiger partial charge on any atom is 0.337 e. The lowest BCUT2D eigenvalue weighted by molar-refractivity contribution is 0.0600. The Morgan fingerprint density at radius 1 is 1.08 bits per heavy atom. The smallest absolute Gasteiger partial charge is 0.337 e. The second-order valence-electron chi connectivity index (χ2n) is 5.15. The zero-order valence-corrected chi connectivity index (χ0v) is 14.7. The van der Waals surface area contributed by atoms with Crippen LogP contribution in [0.1, 0.15) is 16.1 Å². The van der Waals surface area contributed by atoms with Crippen LogP contribution in [0, 0.1) is 0 Å². The molecule has 25 heavy (non-hydrogen) atoms. The summed E-state index contributed by atoms with van der Waals surface area (Å²) in [5, 5.41) is 2.85. The Balaban J connectivity index is 1.67. The zero-order valence-electron chi connectivity index (χ0n) is 13.9. The molecule has 0 amide bonds. The third kappa shape index (κ3) is 3.97. The molecule has 0 aliphatic rings. The average Bonchev–Trinajstić information content (AvgIpc) is 3.15. The molecule has 0 spiro atoms. The Morgan fingerprint density at radius 3 is 2.56 bits per heavy atom. The number of hydrogen-bond donors (Lipinski definition) is 0. The maximum atomic E-state index is 11.4. The predicted octanol–water partition coefficient (Wildman–Crippen LogP) is 4.18. The number of carbonyl (C=O) groups excluding carboxylic acids is 1. The van der Waals surface area contributed by atoms with Crippen LogP contribution in [0.4, 0.5) is 0 Å². The fourth-order valence-electron chi connectivity index (χ4n) is 2.28. The number of methoxy groups -OCH3 is 2. The summed E-state index contributed by atoms with van der Waals surface area (Å²) in [6.07, 6.45) is 0. The van der Waals surface area contributed by atoms with Crippen molar-refractivity contribution < 1.29 is 19.0 Å². The molecule has 0 aliphatic carbocycles. The Morgan fingerprint density at radius 2 is 1.84 bits per heavy atom. The number of esters is 1. The highest BCUT2D eigenvalue weighted by Crippen LogP contribution is 2.32. The highest BCUT2D eigenvalue weighted by molar-refractivity contribution is 7.13. The summed E-state index contributed by atoms with van der Waals surface area (Å²) >= 11 is 1.54. The lowest BCUT2D eigenvalue weighted by atomic mass is 10.2.